The van der Waals surface area contributed by atoms with Gasteiger partial charge in [-0.25, -0.2) is 33.4 Å². The Kier molecular flexibility index (Phi) is 21.9. The molecule has 6 heterocycles. The van der Waals surface area contributed by atoms with Crippen LogP contribution in [-0.2, 0) is 40.7 Å². The number of thiazole rings is 1. The van der Waals surface area contributed by atoms with E-state index in [1.54, 1.807) is 41.7 Å². The first kappa shape index (κ1) is 88.7. The van der Waals surface area contributed by atoms with Crippen LogP contribution < -0.4 is 5.56 Å². The van der Waals surface area contributed by atoms with E-state index in [9.17, 15) is 54.2 Å². The Balaban J connectivity index is 0.000000116. The molecule has 6 aromatic heterocycles. The van der Waals surface area contributed by atoms with Gasteiger partial charge in [-0.05, 0) is 305 Å². The van der Waals surface area contributed by atoms with Gasteiger partial charge in [-0.3, -0.25) is 19.2 Å². The molecule has 9 saturated carbocycles. The average Bonchev–Trinajstić information content (AvgIpc) is 1.58. The number of aryl methyl sites for hydroxylation is 1. The molecule has 24 rings (SSSR count). The Hall–Kier alpha value is -9.58. The topological polar surface area (TPSA) is 303 Å². The molecule has 26 heteroatoms. The lowest BCUT2D eigenvalue weighted by atomic mass is 9.45. The van der Waals surface area contributed by atoms with Crippen LogP contribution in [-0.4, -0.2) is 154 Å². The van der Waals surface area contributed by atoms with Gasteiger partial charge in [0, 0.05) is 23.3 Å². The van der Waals surface area contributed by atoms with E-state index in [1.165, 1.54) is 63.5 Å². The molecule has 21 nitrogen and oxygen atoms in total. The van der Waals surface area contributed by atoms with Gasteiger partial charge in [0.1, 0.15) is 22.6 Å². The van der Waals surface area contributed by atoms with Crippen molar-refractivity contribution in [1.82, 2.24) is 53.8 Å². The molecule has 0 bridgehead atoms. The second kappa shape index (κ2) is 32.8. The number of H-pyrrole nitrogens is 1. The van der Waals surface area contributed by atoms with Crippen molar-refractivity contribution in [3.63, 3.8) is 0 Å². The van der Waals surface area contributed by atoms with Gasteiger partial charge in [0.25, 0.3) is 5.56 Å². The van der Waals surface area contributed by atoms with Crippen molar-refractivity contribution >= 4 is 114 Å². The zero-order valence-electron chi connectivity index (χ0n) is 76.1. The molecule has 21 atom stereocenters. The van der Waals surface area contributed by atoms with Crippen molar-refractivity contribution in [2.24, 2.45) is 92.8 Å². The summed E-state index contributed by atoms with van der Waals surface area (Å²) in [6.45, 7) is 13.1. The summed E-state index contributed by atoms with van der Waals surface area (Å²) < 4.78 is 23.5. The summed E-state index contributed by atoms with van der Waals surface area (Å²) in [6.07, 6.45) is 23.9. The van der Waals surface area contributed by atoms with Gasteiger partial charge in [-0.15, -0.1) is 11.3 Å². The standard InChI is InChI=1S/C36H37FN4O4S.C36H40N4O3S.C35H37N3O3S2/c1-34-16-20-18-38-41(23-10-8-22(37)9-11-23)28(20)15-21(34)7-12-24-26-13-14-36(45,35(26,2)17-29(42)31(24)34)30(43)19-46-33-39-27-6-4-3-5-25(27)32(44)40-33;1-34-18-22-20-37-40(24-9-5-4-6-10-24)29(22)17-23(34)13-14-25-26-15-16-36(43,35(26,2)19-30(41)32(25)34)31(42)21-44-33-38-27-11-7-8-12-28(27)39(33)3;1-33-17-21-19-36-38(23-8-4-3-5-9-23)27(21)16-22(33)12-13-24-25-14-15-35(41,34(25,2)18-28(39)31(24)33)30(40)20-42-32-37-26-10-6-7-11-29(26)43-32/h3-6,8-11,15,18,24,26,29,31,42,45H,7,12-14,16-17,19H2,1-2H3,(H,39,40,44);4-12,17,20,25-26,30,32,41,43H,13-16,18-19,21H2,1-3H3;3-11,16,19,24-25,28,31,39,41H,12-15,17-18,20H2,1-2H3/t24?,26?,29-,31?,34?,35?,36-;25?,26?,30-,32?,34?,35?,36-;24?,25?,28-,31?,33?,34?,35-/m000/s1. The lowest BCUT2D eigenvalue weighted by Gasteiger charge is -2.60. The molecule has 6 aromatic carbocycles. The van der Waals surface area contributed by atoms with Crippen LogP contribution in [0.5, 0.6) is 0 Å². The van der Waals surface area contributed by atoms with E-state index in [2.05, 4.69) is 97.2 Å². The summed E-state index contributed by atoms with van der Waals surface area (Å²) >= 11 is 5.56. The monoisotopic (exact) mass is 1860 g/mol. The van der Waals surface area contributed by atoms with Gasteiger partial charge in [-0.1, -0.05) is 166 Å². The van der Waals surface area contributed by atoms with Gasteiger partial charge in [0.15, 0.2) is 32.0 Å². The van der Waals surface area contributed by atoms with Gasteiger partial charge in [0.05, 0.1) is 120 Å². The minimum Gasteiger partial charge on any atom is -0.393 e. The molecule has 7 N–H and O–H groups in total. The molecule has 133 heavy (non-hydrogen) atoms. The molecule has 0 aliphatic heterocycles. The fraction of sp³-hybridized carbons (Fsp3) is 0.458. The van der Waals surface area contributed by atoms with Crippen molar-refractivity contribution < 1.29 is 49.4 Å². The number of para-hydroxylation sites is 6. The number of nitrogens with zero attached hydrogens (tertiary/aromatic N) is 10. The number of halogens is 1. The van der Waals surface area contributed by atoms with Crippen LogP contribution in [0.25, 0.3) is 67.4 Å². The second-order valence-corrected chi connectivity index (χ2v) is 46.2. The highest BCUT2D eigenvalue weighted by molar-refractivity contribution is 8.01. The van der Waals surface area contributed by atoms with Gasteiger partial charge in [-0.2, -0.15) is 15.3 Å². The summed E-state index contributed by atoms with van der Waals surface area (Å²) in [5, 5.41) is 88.3. The number of aromatic amines is 1. The predicted octanol–water partition coefficient (Wildman–Crippen LogP) is 18.2. The zero-order chi connectivity index (χ0) is 92.0. The Morgan fingerprint density at radius 3 is 1.29 bits per heavy atom. The third kappa shape index (κ3) is 13.9. The number of benzene rings is 6. The fourth-order valence-electron chi connectivity index (χ4n) is 29.3. The maximum atomic E-state index is 13.9. The number of allylic oxidation sites excluding steroid dienone is 3. The lowest BCUT2D eigenvalue weighted by Crippen LogP contribution is -2.62. The molecular formula is C107H114FN11O10S4. The number of aromatic nitrogens is 11. The number of hydrogen-bond acceptors (Lipinski definition) is 20. The number of Topliss-reactive ketones (excluding diaryl/α,β-unsaturated/α-hetero) is 3. The van der Waals surface area contributed by atoms with Crippen LogP contribution in [0, 0.1) is 91.6 Å². The van der Waals surface area contributed by atoms with E-state index in [0.717, 1.165) is 159 Å². The number of aliphatic hydroxyl groups is 6. The number of nitrogens with one attached hydrogen (secondary N) is 1. The molecular weight excluding hydrogens is 1750 g/mol. The Morgan fingerprint density at radius 2 is 0.850 bits per heavy atom. The molecule has 12 aliphatic rings. The van der Waals surface area contributed by atoms with Crippen LogP contribution >= 0.6 is 46.6 Å². The molecule has 12 aliphatic carbocycles. The quantitative estimate of drug-likeness (QED) is 0.0370. The maximum absolute atomic E-state index is 13.9. The number of fused-ring (bicyclic) bond motifs is 21. The molecule has 0 radical (unpaired) electrons. The third-order valence-corrected chi connectivity index (χ3v) is 39.9. The maximum Gasteiger partial charge on any atom is 0.259 e. The highest BCUT2D eigenvalue weighted by Crippen LogP contribution is 2.72. The van der Waals surface area contributed by atoms with E-state index in [-0.39, 0.29) is 115 Å². The molecule has 0 saturated heterocycles. The van der Waals surface area contributed by atoms with Gasteiger partial charge in [0.2, 0.25) is 0 Å². The first-order valence-corrected chi connectivity index (χ1v) is 51.3. The minimum absolute atomic E-state index is 0.00778. The highest BCUT2D eigenvalue weighted by atomic mass is 32.2. The van der Waals surface area contributed by atoms with Crippen LogP contribution in [0.2, 0.25) is 0 Å². The summed E-state index contributed by atoms with van der Waals surface area (Å²) in [5.74, 6) is 0.869. The van der Waals surface area contributed by atoms with Crippen LogP contribution in [0.15, 0.2) is 212 Å². The summed E-state index contributed by atoms with van der Waals surface area (Å²) in [5.41, 5.74) is 9.90. The highest BCUT2D eigenvalue weighted by Gasteiger charge is 2.72. The smallest absolute Gasteiger partial charge is 0.259 e. The van der Waals surface area contributed by atoms with E-state index in [0.29, 0.717) is 54.6 Å². The molecule has 15 unspecified atom stereocenters. The first-order chi connectivity index (χ1) is 63.9. The summed E-state index contributed by atoms with van der Waals surface area (Å²) in [7, 11) is 1.97. The molecule has 12 aromatic rings. The SMILES string of the molecule is CC12Cc3cnn(-c4ccc(F)cc4)c3C=C1CCC1C2[C@@H](O)CC2(C)C1CC[C@]2(O)C(=O)CSc1nc2ccccc2c(=O)[nH]1.CC12Cc3cnn(-c4ccccc4)c3C=C1CCC1C2[C@@H](O)CC2(C)C1CC[C@]2(O)C(=O)CSc1nc2ccccc2s1.Cn1c(SCC(=O)[C@@]2(O)CCC3C4CCC5=Cc6c(cnn6-c6ccccc6)CC5(C)C4[C@@H](O)CC32C)nc2ccccc21. The minimum atomic E-state index is -1.57. The Morgan fingerprint density at radius 1 is 0.459 bits per heavy atom. The van der Waals surface area contributed by atoms with Crippen LogP contribution in [0.1, 0.15) is 172 Å². The number of rotatable bonds is 15. The lowest BCUT2D eigenvalue weighted by molar-refractivity contribution is -0.178. The number of carbonyl (C=O) groups excluding carboxylic acids is 3. The van der Waals surface area contributed by atoms with Crippen molar-refractivity contribution in [3.05, 3.63) is 243 Å². The van der Waals surface area contributed by atoms with Crippen molar-refractivity contribution in [2.75, 3.05) is 17.3 Å². The fourth-order valence-corrected chi connectivity index (χ4v) is 33.2. The number of hydrogen-bond donors (Lipinski definition) is 7. The van der Waals surface area contributed by atoms with Crippen molar-refractivity contribution in [3.8, 4) is 17.1 Å². The molecule has 0 amide bonds. The van der Waals surface area contributed by atoms with E-state index in [1.807, 2.05) is 142 Å². The van der Waals surface area contributed by atoms with Crippen LogP contribution in [0.3, 0.4) is 0 Å². The van der Waals surface area contributed by atoms with Crippen molar-refractivity contribution in [2.45, 2.75) is 207 Å². The molecule has 688 valence electrons. The van der Waals surface area contributed by atoms with E-state index >= 15 is 0 Å². The van der Waals surface area contributed by atoms with Gasteiger partial charge < -0.3 is 40.2 Å². The zero-order valence-corrected chi connectivity index (χ0v) is 79.3. The third-order valence-electron chi connectivity index (χ3n) is 35.8. The van der Waals surface area contributed by atoms with E-state index < -0.39 is 51.4 Å². The largest absolute Gasteiger partial charge is 0.393 e. The number of carbonyl (C=O) groups is 3. The number of aliphatic hydroxyl groups excluding tert-OH is 3. The number of thioether (sulfide) groups is 3. The van der Waals surface area contributed by atoms with Crippen molar-refractivity contribution in [1.29, 1.82) is 0 Å². The number of imidazole rings is 1. The Bertz CT molecular complexity index is 6790. The normalized spacial score (nSPS) is 34.0. The second-order valence-electron chi connectivity index (χ2n) is 42.0. The Labute approximate surface area is 789 Å². The summed E-state index contributed by atoms with van der Waals surface area (Å²) in [6, 6.07) is 49.9. The van der Waals surface area contributed by atoms with Crippen LogP contribution in [0.4, 0.5) is 4.39 Å². The van der Waals surface area contributed by atoms with E-state index in [4.69, 9.17) is 15.2 Å². The molecule has 9 fully saturated rings. The molecule has 0 spiro atoms. The average molecular weight is 1860 g/mol. The number of ketones is 3. The predicted molar refractivity (Wildman–Crippen MR) is 518 cm³/mol. The summed E-state index contributed by atoms with van der Waals surface area (Å²) in [4.78, 5) is 70.9. The van der Waals surface area contributed by atoms with Gasteiger partial charge >= 0.3 is 0 Å². The first-order valence-electron chi connectivity index (χ1n) is 47.5.